The highest BCUT2D eigenvalue weighted by Gasteiger charge is 2.12. The number of nitrogens with one attached hydrogen (secondary N) is 2. The molecule has 9 nitrogen and oxygen atoms in total. The second-order valence-electron chi connectivity index (χ2n) is 6.03. The van der Waals surface area contributed by atoms with Crippen LogP contribution in [0.2, 0.25) is 0 Å². The van der Waals surface area contributed by atoms with Crippen molar-refractivity contribution in [2.45, 2.75) is 13.5 Å². The molecule has 9 heteroatoms. The van der Waals surface area contributed by atoms with E-state index in [0.29, 0.717) is 12.2 Å². The van der Waals surface area contributed by atoms with Gasteiger partial charge in [0.1, 0.15) is 12.0 Å². The van der Waals surface area contributed by atoms with E-state index in [1.54, 1.807) is 18.5 Å². The van der Waals surface area contributed by atoms with Crippen molar-refractivity contribution >= 4 is 0 Å². The number of hydrogen-bond acceptors (Lipinski definition) is 6. The van der Waals surface area contributed by atoms with Crippen LogP contribution in [0.3, 0.4) is 0 Å². The monoisotopic (exact) mass is 361 g/mol. The minimum Gasteiger partial charge on any atom is -0.349 e. The maximum Gasteiger partial charge on any atom is 0.325 e. The molecule has 0 saturated heterocycles. The first-order chi connectivity index (χ1) is 13.1. The van der Waals surface area contributed by atoms with Crippen LogP contribution in [-0.2, 0) is 6.54 Å². The number of aromatic nitrogens is 7. The third kappa shape index (κ3) is 3.43. The third-order valence-corrected chi connectivity index (χ3v) is 4.11. The highest BCUT2D eigenvalue weighted by atomic mass is 16.2. The summed E-state index contributed by atoms with van der Waals surface area (Å²) in [6.07, 6.45) is 10.3. The molecule has 0 atom stereocenters. The quantitative estimate of drug-likeness (QED) is 0.562. The molecule has 0 radical (unpaired) electrons. The summed E-state index contributed by atoms with van der Waals surface area (Å²) < 4.78 is 2.01. The Morgan fingerprint density at radius 1 is 1.11 bits per heavy atom. The van der Waals surface area contributed by atoms with Gasteiger partial charge in [-0.3, -0.25) is 9.78 Å². The minimum absolute atomic E-state index is 0.254. The van der Waals surface area contributed by atoms with Crippen molar-refractivity contribution in [2.24, 2.45) is 0 Å². The molecule has 0 bridgehead atoms. The summed E-state index contributed by atoms with van der Waals surface area (Å²) in [5.74, 6) is 0. The molecule has 0 fully saturated rings. The molecule has 0 spiro atoms. The molecular formula is C18H15N7O2. The van der Waals surface area contributed by atoms with Gasteiger partial charge in [0.2, 0.25) is 0 Å². The Kier molecular flexibility index (Phi) is 4.17. The summed E-state index contributed by atoms with van der Waals surface area (Å²) in [7, 11) is 0. The average Bonchev–Trinajstić information content (AvgIpc) is 3.11. The topological polar surface area (TPSA) is 122 Å². The molecule has 0 aliphatic rings. The standard InChI is InChI=1S/C18H15N7O2/c1-11-14(4-16(24-23-11)15-7-21-18(27)22-17(15)26)13-2-3-25(9-13)8-12-5-19-10-20-6-12/h2-7,9-10H,8H2,1H3,(H2,21,22,26,27). The van der Waals surface area contributed by atoms with Crippen molar-refractivity contribution in [3.63, 3.8) is 0 Å². The fourth-order valence-electron chi connectivity index (χ4n) is 2.80. The van der Waals surface area contributed by atoms with Crippen molar-refractivity contribution in [1.82, 2.24) is 34.7 Å². The first-order valence-electron chi connectivity index (χ1n) is 8.17. The molecule has 4 rings (SSSR count). The predicted molar refractivity (Wildman–Crippen MR) is 98.0 cm³/mol. The smallest absolute Gasteiger partial charge is 0.325 e. The van der Waals surface area contributed by atoms with Crippen LogP contribution in [0.15, 0.2) is 59.0 Å². The molecule has 0 amide bonds. The van der Waals surface area contributed by atoms with Crippen LogP contribution in [0.5, 0.6) is 0 Å². The van der Waals surface area contributed by atoms with E-state index in [-0.39, 0.29) is 5.56 Å². The van der Waals surface area contributed by atoms with Gasteiger partial charge in [-0.15, -0.1) is 5.10 Å². The van der Waals surface area contributed by atoms with Gasteiger partial charge in [0, 0.05) is 47.7 Å². The predicted octanol–water partition coefficient (Wildman–Crippen LogP) is 1.14. The third-order valence-electron chi connectivity index (χ3n) is 4.11. The Morgan fingerprint density at radius 3 is 2.70 bits per heavy atom. The molecule has 0 saturated carbocycles. The number of hydrogen-bond donors (Lipinski definition) is 2. The summed E-state index contributed by atoms with van der Waals surface area (Å²) >= 11 is 0. The fourth-order valence-corrected chi connectivity index (χ4v) is 2.80. The zero-order valence-electron chi connectivity index (χ0n) is 14.4. The molecular weight excluding hydrogens is 346 g/mol. The number of aromatic amines is 2. The SMILES string of the molecule is Cc1nnc(-c2c[nH]c(=O)[nH]c2=O)cc1-c1ccn(Cc2cncnc2)c1. The van der Waals surface area contributed by atoms with Crippen LogP contribution >= 0.6 is 0 Å². The molecule has 4 aromatic rings. The number of nitrogens with zero attached hydrogens (tertiary/aromatic N) is 5. The minimum atomic E-state index is -0.564. The first kappa shape index (κ1) is 16.6. The fraction of sp³-hybridized carbons (Fsp3) is 0.111. The van der Waals surface area contributed by atoms with Crippen molar-refractivity contribution in [1.29, 1.82) is 0 Å². The number of H-pyrrole nitrogens is 2. The van der Waals surface area contributed by atoms with E-state index in [1.807, 2.05) is 30.0 Å². The Hall–Kier alpha value is -3.88. The van der Waals surface area contributed by atoms with Gasteiger partial charge in [-0.05, 0) is 19.1 Å². The zero-order valence-corrected chi connectivity index (χ0v) is 14.4. The van der Waals surface area contributed by atoms with Crippen LogP contribution in [0.1, 0.15) is 11.3 Å². The molecule has 2 N–H and O–H groups in total. The average molecular weight is 361 g/mol. The molecule has 0 unspecified atom stereocenters. The number of aryl methyl sites for hydroxylation is 1. The van der Waals surface area contributed by atoms with Crippen molar-refractivity contribution in [3.05, 3.63) is 81.5 Å². The van der Waals surface area contributed by atoms with Crippen LogP contribution in [0.25, 0.3) is 22.4 Å². The highest BCUT2D eigenvalue weighted by molar-refractivity contribution is 5.70. The van der Waals surface area contributed by atoms with Gasteiger partial charge >= 0.3 is 5.69 Å². The lowest BCUT2D eigenvalue weighted by Crippen LogP contribution is -2.22. The van der Waals surface area contributed by atoms with E-state index in [1.165, 1.54) is 12.5 Å². The lowest BCUT2D eigenvalue weighted by Gasteiger charge is -2.06. The largest absolute Gasteiger partial charge is 0.349 e. The van der Waals surface area contributed by atoms with Gasteiger partial charge in [0.15, 0.2) is 0 Å². The summed E-state index contributed by atoms with van der Waals surface area (Å²) in [6, 6.07) is 3.76. The summed E-state index contributed by atoms with van der Waals surface area (Å²) in [4.78, 5) is 35.9. The number of rotatable bonds is 4. The second kappa shape index (κ2) is 6.79. The summed E-state index contributed by atoms with van der Waals surface area (Å²) in [6.45, 7) is 2.50. The maximum absolute atomic E-state index is 12.0. The van der Waals surface area contributed by atoms with Gasteiger partial charge in [-0.25, -0.2) is 14.8 Å². The summed E-state index contributed by atoms with van der Waals surface area (Å²) in [5.41, 5.74) is 3.09. The Bertz CT molecular complexity index is 1210. The van der Waals surface area contributed by atoms with Crippen molar-refractivity contribution < 1.29 is 0 Å². The molecule has 0 aromatic carbocycles. The lowest BCUT2D eigenvalue weighted by atomic mass is 10.1. The Morgan fingerprint density at radius 2 is 1.93 bits per heavy atom. The molecule has 4 aromatic heterocycles. The van der Waals surface area contributed by atoms with E-state index >= 15 is 0 Å². The molecule has 27 heavy (non-hydrogen) atoms. The normalized spacial score (nSPS) is 10.9. The first-order valence-corrected chi connectivity index (χ1v) is 8.17. The van der Waals surface area contributed by atoms with E-state index < -0.39 is 11.2 Å². The highest BCUT2D eigenvalue weighted by Crippen LogP contribution is 2.25. The Labute approximate surface area is 152 Å². The van der Waals surface area contributed by atoms with E-state index in [2.05, 4.69) is 30.1 Å². The van der Waals surface area contributed by atoms with Crippen molar-refractivity contribution in [2.75, 3.05) is 0 Å². The van der Waals surface area contributed by atoms with Gasteiger partial charge in [-0.2, -0.15) is 5.10 Å². The Balaban J connectivity index is 1.70. The molecule has 0 aliphatic heterocycles. The van der Waals surface area contributed by atoms with E-state index in [4.69, 9.17) is 0 Å². The van der Waals surface area contributed by atoms with Gasteiger partial charge < -0.3 is 9.55 Å². The molecule has 4 heterocycles. The van der Waals surface area contributed by atoms with Crippen LogP contribution in [0.4, 0.5) is 0 Å². The lowest BCUT2D eigenvalue weighted by molar-refractivity contribution is 0.796. The second-order valence-corrected chi connectivity index (χ2v) is 6.03. The van der Waals surface area contributed by atoms with Gasteiger partial charge in [0.25, 0.3) is 5.56 Å². The molecule has 0 aliphatic carbocycles. The van der Waals surface area contributed by atoms with Gasteiger partial charge in [0.05, 0.1) is 17.8 Å². The zero-order chi connectivity index (χ0) is 18.8. The maximum atomic E-state index is 12.0. The summed E-state index contributed by atoms with van der Waals surface area (Å²) in [5, 5.41) is 8.25. The molecule has 134 valence electrons. The van der Waals surface area contributed by atoms with E-state index in [9.17, 15) is 9.59 Å². The van der Waals surface area contributed by atoms with Crippen molar-refractivity contribution in [3.8, 4) is 22.4 Å². The van der Waals surface area contributed by atoms with Crippen LogP contribution in [0, 0.1) is 6.92 Å². The van der Waals surface area contributed by atoms with Crippen LogP contribution in [-0.4, -0.2) is 34.7 Å². The van der Waals surface area contributed by atoms with Crippen LogP contribution < -0.4 is 11.2 Å². The van der Waals surface area contributed by atoms with Gasteiger partial charge in [-0.1, -0.05) is 0 Å². The van der Waals surface area contributed by atoms with E-state index in [0.717, 1.165) is 22.4 Å².